The van der Waals surface area contributed by atoms with E-state index >= 15 is 0 Å². The average molecular weight is 308 g/mol. The van der Waals surface area contributed by atoms with E-state index in [1.54, 1.807) is 0 Å². The second-order valence-corrected chi connectivity index (χ2v) is 4.62. The van der Waals surface area contributed by atoms with E-state index in [1.165, 1.54) is 0 Å². The van der Waals surface area contributed by atoms with Crippen LogP contribution in [-0.4, -0.2) is 31.6 Å². The van der Waals surface area contributed by atoms with Gasteiger partial charge in [0.25, 0.3) is 0 Å². The molecule has 22 heavy (non-hydrogen) atoms. The molecule has 0 unspecified atom stereocenters. The van der Waals surface area contributed by atoms with Crippen molar-refractivity contribution in [3.8, 4) is 11.5 Å². The average Bonchev–Trinajstić information content (AvgIpc) is 2.48. The Morgan fingerprint density at radius 3 is 2.41 bits per heavy atom. The number of amides is 1. The number of benzene rings is 1. The molecule has 0 aliphatic rings. The summed E-state index contributed by atoms with van der Waals surface area (Å²) in [5.41, 5.74) is 1.01. The van der Waals surface area contributed by atoms with Gasteiger partial charge in [-0.3, -0.25) is 4.79 Å². The van der Waals surface area contributed by atoms with Crippen molar-refractivity contribution < 1.29 is 24.2 Å². The summed E-state index contributed by atoms with van der Waals surface area (Å²) in [5, 5.41) is 12.9. The quantitative estimate of drug-likeness (QED) is 0.686. The third kappa shape index (κ3) is 6.47. The number of hydrogen-bond donors (Lipinski definition) is 1. The normalized spacial score (nSPS) is 10.1. The van der Waals surface area contributed by atoms with Crippen LogP contribution in [0.2, 0.25) is 0 Å². The molecule has 1 aromatic carbocycles. The molecule has 1 rings (SSSR count). The largest absolute Gasteiger partial charge is 0.550 e. The Bertz CT molecular complexity index is 501. The first-order chi connectivity index (χ1) is 10.6. The minimum atomic E-state index is -1.22. The van der Waals surface area contributed by atoms with Gasteiger partial charge < -0.3 is 24.7 Å². The van der Waals surface area contributed by atoms with E-state index in [-0.39, 0.29) is 18.7 Å². The lowest BCUT2D eigenvalue weighted by Crippen LogP contribution is -2.29. The van der Waals surface area contributed by atoms with Crippen LogP contribution >= 0.6 is 0 Å². The molecule has 0 radical (unpaired) electrons. The van der Waals surface area contributed by atoms with Crippen LogP contribution in [0.3, 0.4) is 0 Å². The Morgan fingerprint density at radius 2 is 1.77 bits per heavy atom. The third-order valence-corrected chi connectivity index (χ3v) is 2.90. The summed E-state index contributed by atoms with van der Waals surface area (Å²) in [7, 11) is 0. The smallest absolute Gasteiger partial charge is 0.220 e. The van der Waals surface area contributed by atoms with Gasteiger partial charge in [-0.1, -0.05) is 6.07 Å². The number of nitrogens with one attached hydrogen (secondary N) is 1. The Labute approximate surface area is 130 Å². The number of carbonyl (C=O) groups is 2. The molecular weight excluding hydrogens is 286 g/mol. The number of carboxylic acid groups (broad SMARTS) is 1. The highest BCUT2D eigenvalue weighted by Gasteiger charge is 2.07. The lowest BCUT2D eigenvalue weighted by atomic mass is 10.1. The molecule has 1 N–H and O–H groups in total. The molecule has 122 valence electrons. The maximum atomic E-state index is 11.4. The standard InChI is InChI=1S/C16H23NO5/c1-3-21-13-6-5-12(11-14(13)22-4-2)9-10-17-15(18)7-8-16(19)20/h5-6,11H,3-4,7-10H2,1-2H3,(H,17,18)(H,19,20)/p-1. The van der Waals surface area contributed by atoms with Gasteiger partial charge in [-0.25, -0.2) is 0 Å². The van der Waals surface area contributed by atoms with Gasteiger partial charge in [-0.15, -0.1) is 0 Å². The van der Waals surface area contributed by atoms with Crippen molar-refractivity contribution in [3.05, 3.63) is 23.8 Å². The highest BCUT2D eigenvalue weighted by molar-refractivity contribution is 5.79. The number of hydrogen-bond acceptors (Lipinski definition) is 5. The molecule has 6 heteroatoms. The van der Waals surface area contributed by atoms with Gasteiger partial charge in [0.05, 0.1) is 13.2 Å². The zero-order valence-corrected chi connectivity index (χ0v) is 13.0. The highest BCUT2D eigenvalue weighted by atomic mass is 16.5. The van der Waals surface area contributed by atoms with Crippen LogP contribution in [0.15, 0.2) is 18.2 Å². The minimum absolute atomic E-state index is 0.0597. The second-order valence-electron chi connectivity index (χ2n) is 4.62. The van der Waals surface area contributed by atoms with Gasteiger partial charge in [0.2, 0.25) is 5.91 Å². The number of aliphatic carboxylic acids is 1. The molecule has 0 saturated carbocycles. The molecule has 1 aromatic rings. The number of ether oxygens (including phenoxy) is 2. The van der Waals surface area contributed by atoms with E-state index in [2.05, 4.69) is 5.32 Å². The van der Waals surface area contributed by atoms with E-state index in [0.29, 0.717) is 37.7 Å². The van der Waals surface area contributed by atoms with Gasteiger partial charge >= 0.3 is 0 Å². The van der Waals surface area contributed by atoms with E-state index in [4.69, 9.17) is 9.47 Å². The summed E-state index contributed by atoms with van der Waals surface area (Å²) in [6.45, 7) is 5.36. The van der Waals surface area contributed by atoms with Crippen molar-refractivity contribution in [1.29, 1.82) is 0 Å². The lowest BCUT2D eigenvalue weighted by Gasteiger charge is -2.12. The minimum Gasteiger partial charge on any atom is -0.550 e. The summed E-state index contributed by atoms with van der Waals surface area (Å²) in [6, 6.07) is 5.66. The molecule has 0 fully saturated rings. The number of carboxylic acids is 1. The molecule has 0 aliphatic heterocycles. The van der Waals surface area contributed by atoms with E-state index < -0.39 is 5.97 Å². The molecule has 0 heterocycles. The molecule has 0 spiro atoms. The first kappa shape index (κ1) is 17.8. The molecule has 0 aromatic heterocycles. The van der Waals surface area contributed by atoms with Crippen LogP contribution in [0.4, 0.5) is 0 Å². The van der Waals surface area contributed by atoms with Crippen LogP contribution in [0.25, 0.3) is 0 Å². The van der Waals surface area contributed by atoms with Gasteiger partial charge in [-0.05, 0) is 44.4 Å². The maximum Gasteiger partial charge on any atom is 0.220 e. The Morgan fingerprint density at radius 1 is 1.09 bits per heavy atom. The number of rotatable bonds is 10. The zero-order valence-electron chi connectivity index (χ0n) is 13.0. The van der Waals surface area contributed by atoms with Crippen molar-refractivity contribution in [2.24, 2.45) is 0 Å². The van der Waals surface area contributed by atoms with E-state index in [1.807, 2.05) is 32.0 Å². The van der Waals surface area contributed by atoms with Crippen molar-refractivity contribution in [2.75, 3.05) is 19.8 Å². The fourth-order valence-corrected chi connectivity index (χ4v) is 1.90. The fourth-order valence-electron chi connectivity index (χ4n) is 1.90. The van der Waals surface area contributed by atoms with E-state index in [9.17, 15) is 14.7 Å². The van der Waals surface area contributed by atoms with Crippen LogP contribution in [0.1, 0.15) is 32.3 Å². The van der Waals surface area contributed by atoms with Crippen LogP contribution in [0.5, 0.6) is 11.5 Å². The van der Waals surface area contributed by atoms with Crippen molar-refractivity contribution in [3.63, 3.8) is 0 Å². The Hall–Kier alpha value is -2.24. The molecule has 0 saturated heterocycles. The lowest BCUT2D eigenvalue weighted by molar-refractivity contribution is -0.305. The molecule has 0 atom stereocenters. The van der Waals surface area contributed by atoms with Crippen LogP contribution in [-0.2, 0) is 16.0 Å². The van der Waals surface area contributed by atoms with Crippen molar-refractivity contribution in [2.45, 2.75) is 33.1 Å². The molecular formula is C16H22NO5-. The molecule has 6 nitrogen and oxygen atoms in total. The van der Waals surface area contributed by atoms with Crippen LogP contribution < -0.4 is 19.9 Å². The Kier molecular flexibility index (Phi) is 7.81. The second kappa shape index (κ2) is 9.65. The first-order valence-electron chi connectivity index (χ1n) is 7.41. The zero-order chi connectivity index (χ0) is 16.4. The summed E-state index contributed by atoms with van der Waals surface area (Å²) < 4.78 is 11.0. The van der Waals surface area contributed by atoms with Crippen molar-refractivity contribution >= 4 is 11.9 Å². The summed E-state index contributed by atoms with van der Waals surface area (Å²) in [6.07, 6.45) is 0.308. The molecule has 1 amide bonds. The highest BCUT2D eigenvalue weighted by Crippen LogP contribution is 2.28. The van der Waals surface area contributed by atoms with Gasteiger partial charge in [0.15, 0.2) is 11.5 Å². The summed E-state index contributed by atoms with van der Waals surface area (Å²) in [4.78, 5) is 21.7. The maximum absolute atomic E-state index is 11.4. The van der Waals surface area contributed by atoms with Gasteiger partial charge in [0.1, 0.15) is 0 Å². The summed E-state index contributed by atoms with van der Waals surface area (Å²) >= 11 is 0. The van der Waals surface area contributed by atoms with E-state index in [0.717, 1.165) is 5.56 Å². The summed E-state index contributed by atoms with van der Waals surface area (Å²) in [5.74, 6) is -0.126. The predicted molar refractivity (Wildman–Crippen MR) is 79.7 cm³/mol. The molecule has 0 bridgehead atoms. The van der Waals surface area contributed by atoms with Gasteiger partial charge in [-0.2, -0.15) is 0 Å². The topological polar surface area (TPSA) is 87.7 Å². The van der Waals surface area contributed by atoms with Gasteiger partial charge in [0, 0.05) is 18.9 Å². The SMILES string of the molecule is CCOc1ccc(CCNC(=O)CCC(=O)[O-])cc1OCC. The molecule has 0 aliphatic carbocycles. The number of carbonyl (C=O) groups excluding carboxylic acids is 2. The van der Waals surface area contributed by atoms with Crippen LogP contribution in [0, 0.1) is 0 Å². The fraction of sp³-hybridized carbons (Fsp3) is 0.500. The monoisotopic (exact) mass is 308 g/mol. The predicted octanol–water partition coefficient (Wildman–Crippen LogP) is 0.673. The Balaban J connectivity index is 2.50. The third-order valence-electron chi connectivity index (χ3n) is 2.90. The first-order valence-corrected chi connectivity index (χ1v) is 7.41. The van der Waals surface area contributed by atoms with Crippen molar-refractivity contribution in [1.82, 2.24) is 5.32 Å².